The Labute approximate surface area is 115 Å². The molecule has 19 heavy (non-hydrogen) atoms. The molecule has 7 heteroatoms. The molecule has 1 aromatic carbocycles. The van der Waals surface area contributed by atoms with Gasteiger partial charge >= 0.3 is 0 Å². The van der Waals surface area contributed by atoms with Crippen molar-refractivity contribution in [2.24, 2.45) is 5.73 Å². The fourth-order valence-electron chi connectivity index (χ4n) is 1.64. The van der Waals surface area contributed by atoms with Gasteiger partial charge in [-0.3, -0.25) is 4.31 Å². The summed E-state index contributed by atoms with van der Waals surface area (Å²) < 4.78 is 38.9. The predicted octanol–water partition coefficient (Wildman–Crippen LogP) is 2.17. The molecule has 0 aliphatic heterocycles. The molecule has 0 atom stereocenters. The van der Waals surface area contributed by atoms with Gasteiger partial charge < -0.3 is 5.73 Å². The second-order valence-electron chi connectivity index (χ2n) is 3.86. The zero-order chi connectivity index (χ0) is 14.0. The van der Waals surface area contributed by atoms with E-state index in [-0.39, 0.29) is 11.4 Å². The number of rotatable bonds is 4. The summed E-state index contributed by atoms with van der Waals surface area (Å²) in [5.41, 5.74) is 5.93. The maximum Gasteiger partial charge on any atom is 0.265 e. The Morgan fingerprint density at radius 3 is 2.47 bits per heavy atom. The molecule has 102 valence electrons. The first-order valence-electron chi connectivity index (χ1n) is 5.47. The van der Waals surface area contributed by atoms with E-state index in [0.29, 0.717) is 10.6 Å². The third kappa shape index (κ3) is 2.63. The van der Waals surface area contributed by atoms with Crippen LogP contribution in [0.4, 0.5) is 10.1 Å². The molecule has 0 radical (unpaired) electrons. The quantitative estimate of drug-likeness (QED) is 0.941. The largest absolute Gasteiger partial charge is 0.326 e. The van der Waals surface area contributed by atoms with E-state index in [2.05, 4.69) is 0 Å². The van der Waals surface area contributed by atoms with Crippen LogP contribution >= 0.6 is 11.3 Å². The van der Waals surface area contributed by atoms with Gasteiger partial charge in [0.05, 0.1) is 5.69 Å². The van der Waals surface area contributed by atoms with Gasteiger partial charge in [-0.25, -0.2) is 12.8 Å². The molecule has 2 N–H and O–H groups in total. The lowest BCUT2D eigenvalue weighted by atomic mass is 10.3. The second-order valence-corrected chi connectivity index (χ2v) is 6.80. The highest BCUT2D eigenvalue weighted by Gasteiger charge is 2.24. The molecule has 0 unspecified atom stereocenters. The minimum absolute atomic E-state index is 0.170. The van der Waals surface area contributed by atoms with Crippen molar-refractivity contribution in [3.05, 3.63) is 46.4 Å². The maximum absolute atomic E-state index is 12.9. The molecule has 1 heterocycles. The zero-order valence-electron chi connectivity index (χ0n) is 10.2. The van der Waals surface area contributed by atoms with Crippen molar-refractivity contribution in [1.29, 1.82) is 0 Å². The third-order valence-corrected chi connectivity index (χ3v) is 5.66. The Morgan fingerprint density at radius 1 is 1.26 bits per heavy atom. The molecular weight excluding hydrogens is 287 g/mol. The summed E-state index contributed by atoms with van der Waals surface area (Å²) in [4.78, 5) is 0.806. The summed E-state index contributed by atoms with van der Waals surface area (Å²) in [6, 6.07) is 6.81. The van der Waals surface area contributed by atoms with Gasteiger partial charge in [0, 0.05) is 18.5 Å². The average Bonchev–Trinajstić information content (AvgIpc) is 2.87. The van der Waals surface area contributed by atoms with E-state index in [4.69, 9.17) is 5.73 Å². The number of nitrogens with zero attached hydrogens (tertiary/aromatic N) is 1. The number of hydrogen-bond donors (Lipinski definition) is 1. The van der Waals surface area contributed by atoms with Gasteiger partial charge in [0.15, 0.2) is 0 Å². The smallest absolute Gasteiger partial charge is 0.265 e. The Kier molecular flexibility index (Phi) is 3.88. The standard InChI is InChI=1S/C12H13FN2O2S2/c1-15(10-4-2-9(13)3-5-10)19(16,17)12-6-7-18-11(12)8-14/h2-7H,8,14H2,1H3. The second kappa shape index (κ2) is 5.28. The normalized spacial score (nSPS) is 11.5. The number of anilines is 1. The summed E-state index contributed by atoms with van der Waals surface area (Å²) in [5.74, 6) is -0.410. The van der Waals surface area contributed by atoms with Crippen LogP contribution in [0.25, 0.3) is 0 Å². The Morgan fingerprint density at radius 2 is 1.89 bits per heavy atom. The Hall–Kier alpha value is -1.44. The first kappa shape index (κ1) is 14.0. The molecule has 0 saturated carbocycles. The van der Waals surface area contributed by atoms with E-state index >= 15 is 0 Å². The summed E-state index contributed by atoms with van der Waals surface area (Å²) in [7, 11) is -2.23. The molecule has 1 aromatic heterocycles. The van der Waals surface area contributed by atoms with Crippen LogP contribution in [0.2, 0.25) is 0 Å². The average molecular weight is 300 g/mol. The highest BCUT2D eigenvalue weighted by Crippen LogP contribution is 2.27. The van der Waals surface area contributed by atoms with E-state index in [1.54, 1.807) is 5.38 Å². The summed E-state index contributed by atoms with van der Waals surface area (Å²) in [5, 5.41) is 1.69. The molecule has 2 rings (SSSR count). The van der Waals surface area contributed by atoms with Gasteiger partial charge in [-0.15, -0.1) is 11.3 Å². The van der Waals surface area contributed by atoms with Crippen molar-refractivity contribution in [3.63, 3.8) is 0 Å². The van der Waals surface area contributed by atoms with Crippen LogP contribution in [0.15, 0.2) is 40.6 Å². The van der Waals surface area contributed by atoms with E-state index < -0.39 is 15.8 Å². The van der Waals surface area contributed by atoms with E-state index in [1.165, 1.54) is 48.7 Å². The minimum atomic E-state index is -3.66. The molecule has 0 saturated heterocycles. The summed E-state index contributed by atoms with van der Waals surface area (Å²) >= 11 is 1.30. The van der Waals surface area contributed by atoms with Crippen LogP contribution in [-0.2, 0) is 16.6 Å². The number of sulfonamides is 1. The lowest BCUT2D eigenvalue weighted by molar-refractivity contribution is 0.593. The maximum atomic E-state index is 12.9. The van der Waals surface area contributed by atoms with Crippen LogP contribution < -0.4 is 10.0 Å². The van der Waals surface area contributed by atoms with Crippen molar-refractivity contribution in [2.45, 2.75) is 11.4 Å². The molecule has 2 aromatic rings. The zero-order valence-corrected chi connectivity index (χ0v) is 11.8. The number of halogens is 1. The fraction of sp³-hybridized carbons (Fsp3) is 0.167. The van der Waals surface area contributed by atoms with Crippen molar-refractivity contribution in [1.82, 2.24) is 0 Å². The molecule has 0 aliphatic carbocycles. The monoisotopic (exact) mass is 300 g/mol. The molecule has 0 fully saturated rings. The number of benzene rings is 1. The number of hydrogen-bond acceptors (Lipinski definition) is 4. The van der Waals surface area contributed by atoms with Crippen molar-refractivity contribution >= 4 is 27.0 Å². The van der Waals surface area contributed by atoms with Gasteiger partial charge in [-0.05, 0) is 35.7 Å². The lowest BCUT2D eigenvalue weighted by Crippen LogP contribution is -2.27. The third-order valence-electron chi connectivity index (χ3n) is 2.72. The Balaban J connectivity index is 2.42. The van der Waals surface area contributed by atoms with Crippen LogP contribution in [0.3, 0.4) is 0 Å². The van der Waals surface area contributed by atoms with Gasteiger partial charge in [-0.1, -0.05) is 0 Å². The molecular formula is C12H13FN2O2S2. The molecule has 0 bridgehead atoms. The first-order chi connectivity index (χ1) is 8.96. The minimum Gasteiger partial charge on any atom is -0.326 e. The van der Waals surface area contributed by atoms with Crippen molar-refractivity contribution in [3.8, 4) is 0 Å². The predicted molar refractivity (Wildman–Crippen MR) is 74.2 cm³/mol. The van der Waals surface area contributed by atoms with E-state index in [0.717, 1.165) is 4.31 Å². The summed E-state index contributed by atoms with van der Waals surface area (Å²) in [6.07, 6.45) is 0. The van der Waals surface area contributed by atoms with Crippen LogP contribution in [0, 0.1) is 5.82 Å². The molecule has 0 spiro atoms. The van der Waals surface area contributed by atoms with Gasteiger partial charge in [0.25, 0.3) is 10.0 Å². The first-order valence-corrected chi connectivity index (χ1v) is 7.79. The highest BCUT2D eigenvalue weighted by molar-refractivity contribution is 7.93. The number of nitrogens with two attached hydrogens (primary N) is 1. The molecule has 0 amide bonds. The molecule has 4 nitrogen and oxygen atoms in total. The van der Waals surface area contributed by atoms with E-state index in [1.807, 2.05) is 0 Å². The lowest BCUT2D eigenvalue weighted by Gasteiger charge is -2.19. The van der Waals surface area contributed by atoms with Crippen LogP contribution in [0.1, 0.15) is 4.88 Å². The number of thiophene rings is 1. The molecule has 0 aliphatic rings. The highest BCUT2D eigenvalue weighted by atomic mass is 32.2. The SMILES string of the molecule is CN(c1ccc(F)cc1)S(=O)(=O)c1ccsc1CN. The van der Waals surface area contributed by atoms with Crippen molar-refractivity contribution < 1.29 is 12.8 Å². The topological polar surface area (TPSA) is 63.4 Å². The van der Waals surface area contributed by atoms with Crippen LogP contribution in [-0.4, -0.2) is 15.5 Å². The summed E-state index contributed by atoms with van der Waals surface area (Å²) in [6.45, 7) is 0.170. The van der Waals surface area contributed by atoms with Crippen LogP contribution in [0.5, 0.6) is 0 Å². The Bertz CT molecular complexity index is 665. The van der Waals surface area contributed by atoms with E-state index in [9.17, 15) is 12.8 Å². The van der Waals surface area contributed by atoms with Gasteiger partial charge in [-0.2, -0.15) is 0 Å². The van der Waals surface area contributed by atoms with Gasteiger partial charge in [0.1, 0.15) is 10.7 Å². The van der Waals surface area contributed by atoms with Crippen molar-refractivity contribution in [2.75, 3.05) is 11.4 Å². The van der Waals surface area contributed by atoms with Gasteiger partial charge in [0.2, 0.25) is 0 Å². The fourth-order valence-corrected chi connectivity index (χ4v) is 4.15.